The summed E-state index contributed by atoms with van der Waals surface area (Å²) in [6.45, 7) is 6.36. The molecular weight excluding hydrogens is 354 g/mol. The van der Waals surface area contributed by atoms with Crippen molar-refractivity contribution < 1.29 is 14.3 Å². The fraction of sp³-hybridized carbons (Fsp3) is 0.409. The predicted molar refractivity (Wildman–Crippen MR) is 109 cm³/mol. The van der Waals surface area contributed by atoms with Crippen molar-refractivity contribution in [2.24, 2.45) is 0 Å². The first-order valence-electron chi connectivity index (χ1n) is 9.50. The van der Waals surface area contributed by atoms with Crippen LogP contribution in [-0.2, 0) is 21.4 Å². The van der Waals surface area contributed by atoms with Crippen LogP contribution in [0.25, 0.3) is 0 Å². The number of benzene rings is 1. The number of ether oxygens (including phenoxy) is 1. The first-order valence-corrected chi connectivity index (χ1v) is 9.50. The summed E-state index contributed by atoms with van der Waals surface area (Å²) >= 11 is 0. The van der Waals surface area contributed by atoms with Crippen molar-refractivity contribution in [3.05, 3.63) is 66.0 Å². The molecule has 6 heteroatoms. The molecule has 1 heterocycles. The molecule has 0 bridgehead atoms. The Morgan fingerprint density at radius 2 is 1.82 bits per heavy atom. The van der Waals surface area contributed by atoms with Crippen LogP contribution < -0.4 is 5.32 Å². The first kappa shape index (κ1) is 21.4. The number of likely N-dealkylation sites (N-methyl/N-ethyl adjacent to an activating group) is 1. The van der Waals surface area contributed by atoms with E-state index < -0.39 is 17.4 Å². The second-order valence-electron chi connectivity index (χ2n) is 7.21. The highest BCUT2D eigenvalue weighted by atomic mass is 16.5. The number of amides is 2. The van der Waals surface area contributed by atoms with Crippen LogP contribution >= 0.6 is 0 Å². The third-order valence-corrected chi connectivity index (χ3v) is 4.81. The lowest BCUT2D eigenvalue weighted by atomic mass is 9.77. The predicted octanol–water partition coefficient (Wildman–Crippen LogP) is 3.18. The first-order chi connectivity index (χ1) is 13.4. The molecule has 0 aliphatic heterocycles. The van der Waals surface area contributed by atoms with Crippen molar-refractivity contribution in [1.82, 2.24) is 15.2 Å². The summed E-state index contributed by atoms with van der Waals surface area (Å²) in [4.78, 5) is 31.2. The average Bonchev–Trinajstić information content (AvgIpc) is 2.71. The van der Waals surface area contributed by atoms with E-state index in [1.807, 2.05) is 62.4 Å². The summed E-state index contributed by atoms with van der Waals surface area (Å²) in [5.41, 5.74) is 1.23. The maximum Gasteiger partial charge on any atom is 0.329 e. The van der Waals surface area contributed by atoms with Gasteiger partial charge in [0, 0.05) is 37.3 Å². The zero-order chi connectivity index (χ0) is 20.6. The third kappa shape index (κ3) is 5.55. The van der Waals surface area contributed by atoms with E-state index in [9.17, 15) is 9.59 Å². The van der Waals surface area contributed by atoms with Crippen LogP contribution in [0.1, 0.15) is 32.0 Å². The molecule has 1 N–H and O–H groups in total. The molecule has 0 fully saturated rings. The molecule has 1 unspecified atom stereocenters. The number of aromatic nitrogens is 1. The maximum atomic E-state index is 12.7. The van der Waals surface area contributed by atoms with E-state index in [4.69, 9.17) is 4.74 Å². The molecule has 2 rings (SSSR count). The molecule has 28 heavy (non-hydrogen) atoms. The second kappa shape index (κ2) is 9.88. The Morgan fingerprint density at radius 1 is 1.14 bits per heavy atom. The van der Waals surface area contributed by atoms with E-state index in [0.717, 1.165) is 11.3 Å². The Labute approximate surface area is 166 Å². The Balaban J connectivity index is 2.11. The summed E-state index contributed by atoms with van der Waals surface area (Å²) < 4.78 is 5.24. The highest BCUT2D eigenvalue weighted by Crippen LogP contribution is 2.28. The zero-order valence-electron chi connectivity index (χ0n) is 17.0. The normalized spacial score (nSPS) is 12.1. The lowest BCUT2D eigenvalue weighted by Crippen LogP contribution is -2.56. The topological polar surface area (TPSA) is 71.5 Å². The van der Waals surface area contributed by atoms with Crippen LogP contribution in [0.4, 0.5) is 4.79 Å². The van der Waals surface area contributed by atoms with Gasteiger partial charge in [0.1, 0.15) is 6.04 Å². The van der Waals surface area contributed by atoms with Gasteiger partial charge in [0.15, 0.2) is 0 Å². The molecule has 150 valence electrons. The average molecular weight is 383 g/mol. The quantitative estimate of drug-likeness (QED) is 0.711. The van der Waals surface area contributed by atoms with Gasteiger partial charge in [0.05, 0.1) is 6.61 Å². The van der Waals surface area contributed by atoms with Crippen molar-refractivity contribution in [2.75, 3.05) is 20.2 Å². The van der Waals surface area contributed by atoms with Crippen LogP contribution in [0.5, 0.6) is 0 Å². The molecule has 0 spiro atoms. The Morgan fingerprint density at radius 3 is 2.43 bits per heavy atom. The third-order valence-electron chi connectivity index (χ3n) is 4.81. The fourth-order valence-electron chi connectivity index (χ4n) is 2.96. The lowest BCUT2D eigenvalue weighted by molar-refractivity contribution is -0.147. The van der Waals surface area contributed by atoms with Crippen LogP contribution in [0, 0.1) is 0 Å². The van der Waals surface area contributed by atoms with E-state index in [1.165, 1.54) is 0 Å². The minimum absolute atomic E-state index is 0.256. The molecule has 1 aromatic carbocycles. The molecule has 1 atom stereocenters. The SMILES string of the molecule is CCOC(=O)C(NC(=O)N(C)CCc1ccccn1)C(C)(C)c1ccccc1. The van der Waals surface area contributed by atoms with Crippen molar-refractivity contribution >= 4 is 12.0 Å². The molecule has 2 aromatic rings. The van der Waals surface area contributed by atoms with E-state index in [1.54, 1.807) is 25.1 Å². The number of rotatable bonds is 8. The molecule has 1 aromatic heterocycles. The van der Waals surface area contributed by atoms with E-state index in [0.29, 0.717) is 13.0 Å². The maximum absolute atomic E-state index is 12.7. The highest BCUT2D eigenvalue weighted by molar-refractivity contribution is 5.85. The zero-order valence-corrected chi connectivity index (χ0v) is 17.0. The number of esters is 1. The van der Waals surface area contributed by atoms with Crippen molar-refractivity contribution in [1.29, 1.82) is 0 Å². The van der Waals surface area contributed by atoms with E-state index >= 15 is 0 Å². The van der Waals surface area contributed by atoms with Gasteiger partial charge in [-0.05, 0) is 24.6 Å². The summed E-state index contributed by atoms with van der Waals surface area (Å²) in [5, 5.41) is 2.87. The number of nitrogens with one attached hydrogen (secondary N) is 1. The molecule has 0 aliphatic rings. The minimum Gasteiger partial charge on any atom is -0.464 e. The smallest absolute Gasteiger partial charge is 0.329 e. The number of urea groups is 1. The van der Waals surface area contributed by atoms with Gasteiger partial charge in [0.25, 0.3) is 0 Å². The molecule has 0 aliphatic carbocycles. The second-order valence-corrected chi connectivity index (χ2v) is 7.21. The number of carbonyl (C=O) groups excluding carboxylic acids is 2. The van der Waals surface area contributed by atoms with Crippen molar-refractivity contribution in [3.8, 4) is 0 Å². The lowest BCUT2D eigenvalue weighted by Gasteiger charge is -2.34. The van der Waals surface area contributed by atoms with Gasteiger partial charge in [-0.25, -0.2) is 9.59 Å². The van der Waals surface area contributed by atoms with Gasteiger partial charge >= 0.3 is 12.0 Å². The highest BCUT2D eigenvalue weighted by Gasteiger charge is 2.39. The van der Waals surface area contributed by atoms with Gasteiger partial charge in [-0.1, -0.05) is 50.2 Å². The van der Waals surface area contributed by atoms with Crippen LogP contribution in [0.3, 0.4) is 0 Å². The van der Waals surface area contributed by atoms with Crippen LogP contribution in [0.15, 0.2) is 54.7 Å². The molecule has 0 saturated carbocycles. The molecule has 0 radical (unpaired) electrons. The van der Waals surface area contributed by atoms with Gasteiger partial charge in [0.2, 0.25) is 0 Å². The van der Waals surface area contributed by atoms with E-state index in [-0.39, 0.29) is 12.6 Å². The monoisotopic (exact) mass is 383 g/mol. The summed E-state index contributed by atoms with van der Waals surface area (Å²) in [5.74, 6) is -0.442. The summed E-state index contributed by atoms with van der Waals surface area (Å²) in [6, 6.07) is 14.2. The van der Waals surface area contributed by atoms with Gasteiger partial charge in [-0.15, -0.1) is 0 Å². The summed E-state index contributed by atoms with van der Waals surface area (Å²) in [7, 11) is 1.70. The number of nitrogens with zero attached hydrogens (tertiary/aromatic N) is 2. The Hall–Kier alpha value is -2.89. The number of pyridine rings is 1. The standard InChI is InChI=1S/C22H29N3O3/c1-5-28-20(26)19(22(2,3)17-11-7-6-8-12-17)24-21(27)25(4)16-14-18-13-9-10-15-23-18/h6-13,15,19H,5,14,16H2,1-4H3,(H,24,27). The number of hydrogen-bond donors (Lipinski definition) is 1. The van der Waals surface area contributed by atoms with Crippen LogP contribution in [-0.4, -0.2) is 48.1 Å². The van der Waals surface area contributed by atoms with E-state index in [2.05, 4.69) is 10.3 Å². The Bertz CT molecular complexity index is 763. The number of carbonyl (C=O) groups is 2. The van der Waals surface area contributed by atoms with Gasteiger partial charge in [-0.2, -0.15) is 0 Å². The van der Waals surface area contributed by atoms with Gasteiger partial charge < -0.3 is 15.0 Å². The van der Waals surface area contributed by atoms with Crippen molar-refractivity contribution in [2.45, 2.75) is 38.6 Å². The molecule has 2 amide bonds. The number of hydrogen-bond acceptors (Lipinski definition) is 4. The Kier molecular flexibility index (Phi) is 7.55. The van der Waals surface area contributed by atoms with Crippen molar-refractivity contribution in [3.63, 3.8) is 0 Å². The molecular formula is C22H29N3O3. The molecule has 0 saturated heterocycles. The largest absolute Gasteiger partial charge is 0.464 e. The van der Waals surface area contributed by atoms with Crippen LogP contribution in [0.2, 0.25) is 0 Å². The molecule has 6 nitrogen and oxygen atoms in total. The fourth-order valence-corrected chi connectivity index (χ4v) is 2.96. The minimum atomic E-state index is -0.806. The summed E-state index contributed by atoms with van der Waals surface area (Å²) in [6.07, 6.45) is 2.37. The van der Waals surface area contributed by atoms with Gasteiger partial charge in [-0.3, -0.25) is 4.98 Å².